The van der Waals surface area contributed by atoms with E-state index in [-0.39, 0.29) is 11.8 Å². The monoisotopic (exact) mass is 292 g/mol. The summed E-state index contributed by atoms with van der Waals surface area (Å²) in [6, 6.07) is 8.92. The summed E-state index contributed by atoms with van der Waals surface area (Å²) in [6.07, 6.45) is 4.06. The second-order valence-corrected chi connectivity index (χ2v) is 7.37. The van der Waals surface area contributed by atoms with Crippen LogP contribution in [0, 0.1) is 17.2 Å². The third kappa shape index (κ3) is 4.06. The van der Waals surface area contributed by atoms with Gasteiger partial charge in [-0.3, -0.25) is 0 Å². The molecule has 2 rings (SSSR count). The van der Waals surface area contributed by atoms with Crippen LogP contribution in [0.1, 0.15) is 43.7 Å². The van der Waals surface area contributed by atoms with Crippen LogP contribution in [0.3, 0.4) is 0 Å². The summed E-state index contributed by atoms with van der Waals surface area (Å²) in [5, 5.41) is 9.01. The predicted molar refractivity (Wildman–Crippen MR) is 78.3 cm³/mol. The smallest absolute Gasteiger partial charge is 0.212 e. The number of hydrogen-bond donors (Lipinski definition) is 1. The molecule has 108 valence electrons. The first-order chi connectivity index (χ1) is 9.50. The maximum Gasteiger partial charge on any atom is 0.216 e. The molecule has 0 aliphatic heterocycles. The average Bonchev–Trinajstić information content (AvgIpc) is 2.38. The van der Waals surface area contributed by atoms with Crippen LogP contribution in [0.15, 0.2) is 24.3 Å². The van der Waals surface area contributed by atoms with Crippen LogP contribution in [0.25, 0.3) is 0 Å². The summed E-state index contributed by atoms with van der Waals surface area (Å²) in [5.41, 5.74) is 0.987. The van der Waals surface area contributed by atoms with Crippen molar-refractivity contribution in [1.29, 1.82) is 5.26 Å². The van der Waals surface area contributed by atoms with Crippen LogP contribution in [0.2, 0.25) is 0 Å². The van der Waals surface area contributed by atoms with Gasteiger partial charge in [0.2, 0.25) is 10.0 Å². The Kier molecular flexibility index (Phi) is 4.79. The Balaban J connectivity index is 2.06. The molecule has 1 aliphatic rings. The lowest BCUT2D eigenvalue weighted by Crippen LogP contribution is -2.38. The van der Waals surface area contributed by atoms with Crippen molar-refractivity contribution in [1.82, 2.24) is 4.72 Å². The van der Waals surface area contributed by atoms with Gasteiger partial charge in [-0.15, -0.1) is 0 Å². The molecule has 5 heteroatoms. The number of hydrogen-bond acceptors (Lipinski definition) is 3. The number of rotatable bonds is 4. The lowest BCUT2D eigenvalue weighted by Gasteiger charge is -2.27. The maximum atomic E-state index is 12.2. The van der Waals surface area contributed by atoms with Crippen LogP contribution in [-0.2, 0) is 15.8 Å². The second-order valence-electron chi connectivity index (χ2n) is 5.61. The van der Waals surface area contributed by atoms with Gasteiger partial charge in [0, 0.05) is 6.04 Å². The number of sulfonamides is 1. The standard InChI is InChI=1S/C15H20N2O2S/c1-12-5-4-8-15(9-12)17-20(18,19)11-14-7-3-2-6-13(14)10-16/h2-3,6-7,12,15,17H,4-5,8-9,11H2,1H3. The van der Waals surface area contributed by atoms with Gasteiger partial charge in [-0.25, -0.2) is 13.1 Å². The Labute approximate surface area is 120 Å². The molecule has 0 bridgehead atoms. The molecule has 4 nitrogen and oxygen atoms in total. The second kappa shape index (κ2) is 6.38. The van der Waals surface area contributed by atoms with Crippen LogP contribution in [-0.4, -0.2) is 14.5 Å². The minimum atomic E-state index is -3.39. The fourth-order valence-electron chi connectivity index (χ4n) is 2.80. The molecule has 0 amide bonds. The third-order valence-electron chi connectivity index (χ3n) is 3.77. The lowest BCUT2D eigenvalue weighted by atomic mass is 9.88. The normalized spacial score (nSPS) is 23.2. The molecule has 1 saturated carbocycles. The van der Waals surface area contributed by atoms with Gasteiger partial charge in [-0.1, -0.05) is 38.0 Å². The summed E-state index contributed by atoms with van der Waals surface area (Å²) in [7, 11) is -3.39. The van der Waals surface area contributed by atoms with E-state index >= 15 is 0 Å². The molecule has 0 radical (unpaired) electrons. The van der Waals surface area contributed by atoms with Gasteiger partial charge < -0.3 is 0 Å². The molecule has 1 aromatic rings. The number of benzene rings is 1. The van der Waals surface area contributed by atoms with Gasteiger partial charge >= 0.3 is 0 Å². The molecular weight excluding hydrogens is 272 g/mol. The van der Waals surface area contributed by atoms with Gasteiger partial charge in [0.25, 0.3) is 0 Å². The molecule has 0 spiro atoms. The van der Waals surface area contributed by atoms with Crippen LogP contribution < -0.4 is 4.72 Å². The van der Waals surface area contributed by atoms with Crippen molar-refractivity contribution in [3.8, 4) is 6.07 Å². The highest BCUT2D eigenvalue weighted by molar-refractivity contribution is 7.88. The molecule has 2 atom stereocenters. The Morgan fingerprint density at radius 1 is 1.35 bits per heavy atom. The summed E-state index contributed by atoms with van der Waals surface area (Å²) in [5.74, 6) is 0.449. The quantitative estimate of drug-likeness (QED) is 0.927. The fourth-order valence-corrected chi connectivity index (χ4v) is 4.26. The van der Waals surface area contributed by atoms with E-state index in [2.05, 4.69) is 11.6 Å². The van der Waals surface area contributed by atoms with E-state index in [0.29, 0.717) is 17.0 Å². The minimum absolute atomic E-state index is 0.0398. The third-order valence-corrected chi connectivity index (χ3v) is 5.15. The molecule has 2 unspecified atom stereocenters. The van der Waals surface area contributed by atoms with Crippen molar-refractivity contribution in [2.24, 2.45) is 5.92 Å². The van der Waals surface area contributed by atoms with E-state index in [1.165, 1.54) is 6.42 Å². The van der Waals surface area contributed by atoms with E-state index in [4.69, 9.17) is 5.26 Å². The zero-order valence-electron chi connectivity index (χ0n) is 11.7. The van der Waals surface area contributed by atoms with E-state index in [9.17, 15) is 8.42 Å². The van der Waals surface area contributed by atoms with Crippen molar-refractivity contribution in [2.45, 2.75) is 44.4 Å². The molecule has 1 aromatic carbocycles. The van der Waals surface area contributed by atoms with Crippen molar-refractivity contribution >= 4 is 10.0 Å². The Morgan fingerprint density at radius 2 is 2.10 bits per heavy atom. The lowest BCUT2D eigenvalue weighted by molar-refractivity contribution is 0.327. The Morgan fingerprint density at radius 3 is 2.80 bits per heavy atom. The van der Waals surface area contributed by atoms with Crippen molar-refractivity contribution < 1.29 is 8.42 Å². The molecular formula is C15H20N2O2S. The number of nitriles is 1. The number of nitrogens with zero attached hydrogens (tertiary/aromatic N) is 1. The summed E-state index contributed by atoms with van der Waals surface area (Å²) < 4.78 is 27.2. The first-order valence-corrected chi connectivity index (χ1v) is 8.63. The highest BCUT2D eigenvalue weighted by Gasteiger charge is 2.24. The van der Waals surface area contributed by atoms with Gasteiger partial charge in [0.15, 0.2) is 0 Å². The summed E-state index contributed by atoms with van der Waals surface area (Å²) >= 11 is 0. The van der Waals surface area contributed by atoms with E-state index in [1.54, 1.807) is 24.3 Å². The Bertz CT molecular complexity index is 605. The summed E-state index contributed by atoms with van der Waals surface area (Å²) in [6.45, 7) is 2.16. The fraction of sp³-hybridized carbons (Fsp3) is 0.533. The highest BCUT2D eigenvalue weighted by atomic mass is 32.2. The van der Waals surface area contributed by atoms with Gasteiger partial charge in [0.1, 0.15) is 0 Å². The predicted octanol–water partition coefficient (Wildman–Crippen LogP) is 2.56. The molecule has 0 saturated heterocycles. The Hall–Kier alpha value is -1.38. The molecule has 1 fully saturated rings. The molecule has 1 aliphatic carbocycles. The van der Waals surface area contributed by atoms with Gasteiger partial charge in [0.05, 0.1) is 17.4 Å². The van der Waals surface area contributed by atoms with Gasteiger partial charge in [-0.2, -0.15) is 5.26 Å². The van der Waals surface area contributed by atoms with E-state index in [1.807, 2.05) is 6.07 Å². The van der Waals surface area contributed by atoms with Crippen LogP contribution >= 0.6 is 0 Å². The topological polar surface area (TPSA) is 70.0 Å². The average molecular weight is 292 g/mol. The molecule has 0 heterocycles. The highest BCUT2D eigenvalue weighted by Crippen LogP contribution is 2.24. The first-order valence-electron chi connectivity index (χ1n) is 6.98. The SMILES string of the molecule is CC1CCCC(NS(=O)(=O)Cc2ccccc2C#N)C1. The number of nitrogens with one attached hydrogen (secondary N) is 1. The van der Waals surface area contributed by atoms with Crippen molar-refractivity contribution in [3.63, 3.8) is 0 Å². The first kappa shape index (κ1) is 15.0. The molecule has 20 heavy (non-hydrogen) atoms. The molecule has 1 N–H and O–H groups in total. The van der Waals surface area contributed by atoms with Crippen molar-refractivity contribution in [3.05, 3.63) is 35.4 Å². The van der Waals surface area contributed by atoms with Gasteiger partial charge in [-0.05, 0) is 30.4 Å². The zero-order chi connectivity index (χ0) is 14.6. The van der Waals surface area contributed by atoms with Crippen molar-refractivity contribution in [2.75, 3.05) is 0 Å². The van der Waals surface area contributed by atoms with Crippen LogP contribution in [0.5, 0.6) is 0 Å². The minimum Gasteiger partial charge on any atom is -0.212 e. The van der Waals surface area contributed by atoms with Crippen LogP contribution in [0.4, 0.5) is 0 Å². The van der Waals surface area contributed by atoms with E-state index < -0.39 is 10.0 Å². The zero-order valence-corrected chi connectivity index (χ0v) is 12.5. The summed E-state index contributed by atoms with van der Waals surface area (Å²) in [4.78, 5) is 0. The van der Waals surface area contributed by atoms with E-state index in [0.717, 1.165) is 19.3 Å². The largest absolute Gasteiger partial charge is 0.216 e. The molecule has 0 aromatic heterocycles. The maximum absolute atomic E-state index is 12.2.